The van der Waals surface area contributed by atoms with Crippen LogP contribution in [0.2, 0.25) is 5.02 Å². The molecule has 2 heterocycles. The van der Waals surface area contributed by atoms with E-state index in [1.165, 1.54) is 31.2 Å². The number of fused-ring (bicyclic) bond motifs is 2. The van der Waals surface area contributed by atoms with Crippen molar-refractivity contribution in [2.75, 3.05) is 0 Å². The molecule has 2 unspecified atom stereocenters. The van der Waals surface area contributed by atoms with Gasteiger partial charge in [-0.15, -0.1) is 0 Å². The molecule has 2 heteroatoms. The highest BCUT2D eigenvalue weighted by Crippen LogP contribution is 2.40. The first-order chi connectivity index (χ1) is 7.31. The molecule has 2 atom stereocenters. The quantitative estimate of drug-likeness (QED) is 0.703. The van der Waals surface area contributed by atoms with Crippen LogP contribution in [-0.2, 0) is 4.74 Å². The third-order valence-electron chi connectivity index (χ3n) is 3.63. The first kappa shape index (κ1) is 9.68. The van der Waals surface area contributed by atoms with Gasteiger partial charge in [0.15, 0.2) is 0 Å². The topological polar surface area (TPSA) is 9.23 Å². The smallest absolute Gasteiger partial charge is 0.0585 e. The third-order valence-corrected chi connectivity index (χ3v) is 3.88. The molecule has 0 aliphatic carbocycles. The molecule has 0 aromatic heterocycles. The van der Waals surface area contributed by atoms with E-state index in [9.17, 15) is 0 Å². The summed E-state index contributed by atoms with van der Waals surface area (Å²) in [5.41, 5.74) is 1.43. The molecule has 2 bridgehead atoms. The second-order valence-electron chi connectivity index (χ2n) is 4.68. The standard InChI is InChI=1S/C13H15ClO/c14-11-3-1-9(2-4-11)10-7-12-5-6-13(8-10)15-12/h1-4,10,12-13H,5-8H2. The highest BCUT2D eigenvalue weighted by Gasteiger charge is 2.35. The second kappa shape index (κ2) is 3.80. The first-order valence-corrected chi connectivity index (χ1v) is 6.10. The Hall–Kier alpha value is -0.530. The van der Waals surface area contributed by atoms with Gasteiger partial charge in [0.25, 0.3) is 0 Å². The Kier molecular flexibility index (Phi) is 2.45. The lowest BCUT2D eigenvalue weighted by Gasteiger charge is -2.28. The van der Waals surface area contributed by atoms with Crippen molar-refractivity contribution in [3.05, 3.63) is 34.9 Å². The van der Waals surface area contributed by atoms with Crippen LogP contribution >= 0.6 is 11.6 Å². The molecule has 1 aromatic carbocycles. The predicted molar refractivity (Wildman–Crippen MR) is 61.3 cm³/mol. The lowest BCUT2D eigenvalue weighted by Crippen LogP contribution is -2.23. The fourth-order valence-corrected chi connectivity index (χ4v) is 2.99. The lowest BCUT2D eigenvalue weighted by molar-refractivity contribution is -0.00379. The van der Waals surface area contributed by atoms with Crippen LogP contribution < -0.4 is 0 Å². The van der Waals surface area contributed by atoms with Crippen LogP contribution in [0.4, 0.5) is 0 Å². The summed E-state index contributed by atoms with van der Waals surface area (Å²) >= 11 is 5.90. The van der Waals surface area contributed by atoms with E-state index in [1.807, 2.05) is 12.1 Å². The summed E-state index contributed by atoms with van der Waals surface area (Å²) in [6.07, 6.45) is 5.94. The number of benzene rings is 1. The minimum atomic E-state index is 0.518. The Morgan fingerprint density at radius 2 is 1.60 bits per heavy atom. The normalized spacial score (nSPS) is 34.3. The number of hydrogen-bond acceptors (Lipinski definition) is 1. The van der Waals surface area contributed by atoms with Crippen LogP contribution in [0.15, 0.2) is 24.3 Å². The van der Waals surface area contributed by atoms with Gasteiger partial charge in [-0.05, 0) is 49.3 Å². The van der Waals surface area contributed by atoms with Crippen LogP contribution in [0.25, 0.3) is 0 Å². The van der Waals surface area contributed by atoms with Crippen molar-refractivity contribution >= 4 is 11.6 Å². The summed E-state index contributed by atoms with van der Waals surface area (Å²) in [6, 6.07) is 8.32. The molecule has 1 nitrogen and oxygen atoms in total. The zero-order valence-corrected chi connectivity index (χ0v) is 9.41. The average Bonchev–Trinajstić information content (AvgIpc) is 2.59. The van der Waals surface area contributed by atoms with Gasteiger partial charge in [-0.2, -0.15) is 0 Å². The predicted octanol–water partition coefficient (Wildman–Crippen LogP) is 3.77. The van der Waals surface area contributed by atoms with Gasteiger partial charge in [0.05, 0.1) is 12.2 Å². The maximum atomic E-state index is 5.90. The van der Waals surface area contributed by atoms with E-state index in [0.29, 0.717) is 18.1 Å². The average molecular weight is 223 g/mol. The summed E-state index contributed by atoms with van der Waals surface area (Å²) in [4.78, 5) is 0. The molecule has 2 aliphatic rings. The van der Waals surface area contributed by atoms with Gasteiger partial charge in [0.1, 0.15) is 0 Å². The van der Waals surface area contributed by atoms with Gasteiger partial charge in [0.2, 0.25) is 0 Å². The molecule has 80 valence electrons. The van der Waals surface area contributed by atoms with Crippen molar-refractivity contribution < 1.29 is 4.74 Å². The molecule has 0 saturated carbocycles. The highest BCUT2D eigenvalue weighted by atomic mass is 35.5. The Morgan fingerprint density at radius 1 is 1.00 bits per heavy atom. The van der Waals surface area contributed by atoms with E-state index in [-0.39, 0.29) is 0 Å². The molecule has 2 fully saturated rings. The molecule has 0 spiro atoms. The zero-order chi connectivity index (χ0) is 10.3. The van der Waals surface area contributed by atoms with Gasteiger partial charge < -0.3 is 4.74 Å². The van der Waals surface area contributed by atoms with E-state index in [4.69, 9.17) is 16.3 Å². The minimum Gasteiger partial charge on any atom is -0.375 e. The van der Waals surface area contributed by atoms with Gasteiger partial charge >= 0.3 is 0 Å². The molecule has 2 aliphatic heterocycles. The summed E-state index contributed by atoms with van der Waals surface area (Å²) in [7, 11) is 0. The third kappa shape index (κ3) is 1.91. The van der Waals surface area contributed by atoms with Gasteiger partial charge in [0, 0.05) is 5.02 Å². The van der Waals surface area contributed by atoms with E-state index in [1.54, 1.807) is 0 Å². The van der Waals surface area contributed by atoms with Crippen LogP contribution in [0.1, 0.15) is 37.2 Å². The van der Waals surface area contributed by atoms with Crippen LogP contribution in [0.3, 0.4) is 0 Å². The number of halogens is 1. The van der Waals surface area contributed by atoms with Crippen LogP contribution in [0.5, 0.6) is 0 Å². The fourth-order valence-electron chi connectivity index (χ4n) is 2.86. The molecule has 1 aromatic rings. The van der Waals surface area contributed by atoms with Gasteiger partial charge in [-0.3, -0.25) is 0 Å². The van der Waals surface area contributed by atoms with E-state index >= 15 is 0 Å². The Morgan fingerprint density at radius 3 is 2.20 bits per heavy atom. The summed E-state index contributed by atoms with van der Waals surface area (Å²) in [5, 5.41) is 0.828. The Balaban J connectivity index is 1.80. The monoisotopic (exact) mass is 222 g/mol. The maximum Gasteiger partial charge on any atom is 0.0585 e. The molecule has 2 saturated heterocycles. The Labute approximate surface area is 95.4 Å². The number of rotatable bonds is 1. The first-order valence-electron chi connectivity index (χ1n) is 5.72. The van der Waals surface area contributed by atoms with Crippen molar-refractivity contribution in [3.63, 3.8) is 0 Å². The fraction of sp³-hybridized carbons (Fsp3) is 0.538. The van der Waals surface area contributed by atoms with Crippen LogP contribution in [0, 0.1) is 0 Å². The molecule has 0 N–H and O–H groups in total. The highest BCUT2D eigenvalue weighted by molar-refractivity contribution is 6.30. The van der Waals surface area contributed by atoms with Crippen molar-refractivity contribution in [1.82, 2.24) is 0 Å². The van der Waals surface area contributed by atoms with Crippen molar-refractivity contribution in [3.8, 4) is 0 Å². The van der Waals surface area contributed by atoms with Crippen molar-refractivity contribution in [2.24, 2.45) is 0 Å². The molecule has 3 rings (SSSR count). The molecular weight excluding hydrogens is 208 g/mol. The number of hydrogen-bond donors (Lipinski definition) is 0. The summed E-state index contributed by atoms with van der Waals surface area (Å²) in [6.45, 7) is 0. The lowest BCUT2D eigenvalue weighted by atomic mass is 9.88. The molecular formula is C13H15ClO. The van der Waals surface area contributed by atoms with E-state index < -0.39 is 0 Å². The van der Waals surface area contributed by atoms with Gasteiger partial charge in [-0.1, -0.05) is 23.7 Å². The van der Waals surface area contributed by atoms with Gasteiger partial charge in [-0.25, -0.2) is 0 Å². The molecule has 0 radical (unpaired) electrons. The van der Waals surface area contributed by atoms with E-state index in [0.717, 1.165) is 5.02 Å². The van der Waals surface area contributed by atoms with Crippen LogP contribution in [-0.4, -0.2) is 12.2 Å². The SMILES string of the molecule is Clc1ccc(C2CC3CCC(C2)O3)cc1. The maximum absolute atomic E-state index is 5.90. The van der Waals surface area contributed by atoms with Crippen molar-refractivity contribution in [2.45, 2.75) is 43.8 Å². The molecule has 0 amide bonds. The zero-order valence-electron chi connectivity index (χ0n) is 8.66. The Bertz CT molecular complexity index is 334. The second-order valence-corrected chi connectivity index (χ2v) is 5.11. The summed E-state index contributed by atoms with van der Waals surface area (Å²) < 4.78 is 5.85. The molecule has 15 heavy (non-hydrogen) atoms. The largest absolute Gasteiger partial charge is 0.375 e. The van der Waals surface area contributed by atoms with Crippen molar-refractivity contribution in [1.29, 1.82) is 0 Å². The number of ether oxygens (including phenoxy) is 1. The summed E-state index contributed by atoms with van der Waals surface area (Å²) in [5.74, 6) is 0.688. The van der Waals surface area contributed by atoms with E-state index in [2.05, 4.69) is 12.1 Å². The minimum absolute atomic E-state index is 0.518.